The van der Waals surface area contributed by atoms with Crippen molar-refractivity contribution in [1.82, 2.24) is 0 Å². The first-order valence-electron chi connectivity index (χ1n) is 6.76. The van der Waals surface area contributed by atoms with E-state index in [-0.39, 0.29) is 40.0 Å². The van der Waals surface area contributed by atoms with E-state index in [0.717, 1.165) is 0 Å². The van der Waals surface area contributed by atoms with Gasteiger partial charge in [-0.05, 0) is 41.5 Å². The summed E-state index contributed by atoms with van der Waals surface area (Å²) < 4.78 is 21.2. The van der Waals surface area contributed by atoms with Gasteiger partial charge in [0.2, 0.25) is 5.78 Å². The predicted molar refractivity (Wildman–Crippen MR) is 73.0 cm³/mol. The molecule has 0 saturated heterocycles. The Morgan fingerprint density at radius 3 is 1.43 bits per heavy atom. The van der Waals surface area contributed by atoms with Crippen LogP contribution in [0.1, 0.15) is 48.0 Å². The van der Waals surface area contributed by atoms with Crippen molar-refractivity contribution in [3.8, 4) is 0 Å². The van der Waals surface area contributed by atoms with Gasteiger partial charge in [-0.25, -0.2) is 0 Å². The number of carbonyl (C=O) groups excluding carboxylic acids is 2. The van der Waals surface area contributed by atoms with Crippen LogP contribution in [-0.4, -0.2) is 43.1 Å². The quantitative estimate of drug-likeness (QED) is 0.277. The Balaban J connectivity index is 0. The van der Waals surface area contributed by atoms with Gasteiger partial charge in [0.1, 0.15) is 6.42 Å². The molecule has 0 rings (SSSR count). The minimum atomic E-state index is -1.88. The summed E-state index contributed by atoms with van der Waals surface area (Å²) in [6.07, 6.45) is -1.40. The van der Waals surface area contributed by atoms with Crippen LogP contribution >= 0.6 is 0 Å². The SMILES string of the molecule is COC(=O)CC(=O)C(OC(C)C)(OC(C)C)OC(C)C.[Ti]. The molecular formula is C14H26O6Ti. The van der Waals surface area contributed by atoms with Crippen LogP contribution in [0, 0.1) is 0 Å². The molecule has 0 bridgehead atoms. The fourth-order valence-electron chi connectivity index (χ4n) is 1.52. The van der Waals surface area contributed by atoms with Gasteiger partial charge in [0.05, 0.1) is 25.4 Å². The third-order valence-electron chi connectivity index (χ3n) is 2.05. The van der Waals surface area contributed by atoms with E-state index in [0.29, 0.717) is 0 Å². The Morgan fingerprint density at radius 1 is 0.857 bits per heavy atom. The van der Waals surface area contributed by atoms with Gasteiger partial charge in [0, 0.05) is 21.7 Å². The van der Waals surface area contributed by atoms with Crippen molar-refractivity contribution in [3.05, 3.63) is 0 Å². The minimum Gasteiger partial charge on any atom is -0.469 e. The molecule has 0 aromatic rings. The molecule has 6 nitrogen and oxygen atoms in total. The molecule has 0 atom stereocenters. The molecule has 0 amide bonds. The summed E-state index contributed by atoms with van der Waals surface area (Å²) in [6.45, 7) is 10.5. The van der Waals surface area contributed by atoms with E-state index in [1.807, 2.05) is 0 Å². The van der Waals surface area contributed by atoms with E-state index in [2.05, 4.69) is 4.74 Å². The van der Waals surface area contributed by atoms with Crippen molar-refractivity contribution in [3.63, 3.8) is 0 Å². The zero-order chi connectivity index (χ0) is 15.9. The van der Waals surface area contributed by atoms with Crippen molar-refractivity contribution in [2.24, 2.45) is 0 Å². The third-order valence-corrected chi connectivity index (χ3v) is 2.05. The standard InChI is InChI=1S/C14H26O6.Ti/c1-9(2)18-14(19-10(3)4,20-11(5)6)12(15)8-13(16)17-7;/h9-11H,8H2,1-7H3;. The van der Waals surface area contributed by atoms with Gasteiger partial charge in [-0.2, -0.15) is 0 Å². The van der Waals surface area contributed by atoms with E-state index in [4.69, 9.17) is 14.2 Å². The Kier molecular flexibility index (Phi) is 11.5. The summed E-state index contributed by atoms with van der Waals surface area (Å²) >= 11 is 0. The summed E-state index contributed by atoms with van der Waals surface area (Å²) in [6, 6.07) is 0. The van der Waals surface area contributed by atoms with Gasteiger partial charge in [-0.3, -0.25) is 9.59 Å². The first-order valence-corrected chi connectivity index (χ1v) is 6.76. The zero-order valence-corrected chi connectivity index (χ0v) is 15.5. The smallest absolute Gasteiger partial charge is 0.348 e. The van der Waals surface area contributed by atoms with E-state index in [1.54, 1.807) is 41.5 Å². The number of ketones is 1. The first-order chi connectivity index (χ1) is 9.12. The Morgan fingerprint density at radius 2 is 1.19 bits per heavy atom. The number of hydrogen-bond acceptors (Lipinski definition) is 6. The molecule has 0 spiro atoms. The molecule has 0 radical (unpaired) electrons. The van der Waals surface area contributed by atoms with Crippen molar-refractivity contribution in [1.29, 1.82) is 0 Å². The van der Waals surface area contributed by atoms with Crippen LogP contribution in [0.4, 0.5) is 0 Å². The van der Waals surface area contributed by atoms with E-state index in [1.165, 1.54) is 7.11 Å². The van der Waals surface area contributed by atoms with E-state index >= 15 is 0 Å². The van der Waals surface area contributed by atoms with Gasteiger partial charge < -0.3 is 18.9 Å². The largest absolute Gasteiger partial charge is 0.469 e. The molecule has 0 fully saturated rings. The van der Waals surface area contributed by atoms with Crippen LogP contribution in [-0.2, 0) is 50.3 Å². The molecule has 122 valence electrons. The molecule has 0 heterocycles. The normalized spacial score (nSPS) is 11.7. The molecule has 0 aliphatic heterocycles. The summed E-state index contributed by atoms with van der Waals surface area (Å²) in [5.41, 5.74) is 0. The molecule has 0 unspecified atom stereocenters. The molecular weight excluding hydrogens is 312 g/mol. The molecule has 7 heteroatoms. The Labute approximate surface area is 141 Å². The maximum Gasteiger partial charge on any atom is 0.348 e. The van der Waals surface area contributed by atoms with Crippen molar-refractivity contribution < 1.29 is 50.3 Å². The predicted octanol–water partition coefficient (Wildman–Crippen LogP) is 2.04. The van der Waals surface area contributed by atoms with Gasteiger partial charge in [-0.1, -0.05) is 0 Å². The zero-order valence-electron chi connectivity index (χ0n) is 13.9. The topological polar surface area (TPSA) is 71.1 Å². The molecule has 0 aromatic heterocycles. The van der Waals surface area contributed by atoms with E-state index < -0.39 is 24.1 Å². The monoisotopic (exact) mass is 338 g/mol. The molecule has 21 heavy (non-hydrogen) atoms. The van der Waals surface area contributed by atoms with E-state index in [9.17, 15) is 9.59 Å². The molecule has 0 saturated carbocycles. The second-order valence-electron chi connectivity index (χ2n) is 5.23. The first kappa shape index (κ1) is 23.0. The number of Topliss-reactive ketones (excluding diaryl/α,β-unsaturated/α-hetero) is 1. The maximum atomic E-state index is 12.4. The summed E-state index contributed by atoms with van der Waals surface area (Å²) in [5, 5.41) is 0. The number of ether oxygens (including phenoxy) is 4. The second kappa shape index (κ2) is 10.5. The summed E-state index contributed by atoms with van der Waals surface area (Å²) in [5.74, 6) is -3.16. The van der Waals surface area contributed by atoms with Gasteiger partial charge in [0.25, 0.3) is 0 Å². The average molecular weight is 338 g/mol. The number of methoxy groups -OCH3 is 1. The van der Waals surface area contributed by atoms with Crippen LogP contribution in [0.25, 0.3) is 0 Å². The van der Waals surface area contributed by atoms with Crippen LogP contribution in [0.3, 0.4) is 0 Å². The number of carbonyl (C=O) groups is 2. The molecule has 0 aliphatic carbocycles. The number of esters is 1. The Hall–Kier alpha value is -0.266. The van der Waals surface area contributed by atoms with Crippen molar-refractivity contribution in [2.45, 2.75) is 72.2 Å². The fraction of sp³-hybridized carbons (Fsp3) is 0.857. The molecule has 0 aliphatic rings. The van der Waals surface area contributed by atoms with Crippen molar-refractivity contribution >= 4 is 11.8 Å². The maximum absolute atomic E-state index is 12.4. The number of hydrogen-bond donors (Lipinski definition) is 0. The second-order valence-corrected chi connectivity index (χ2v) is 5.23. The van der Waals surface area contributed by atoms with Gasteiger partial charge in [-0.15, -0.1) is 0 Å². The van der Waals surface area contributed by atoms with Gasteiger partial charge in [0.15, 0.2) is 0 Å². The van der Waals surface area contributed by atoms with Crippen molar-refractivity contribution in [2.75, 3.05) is 7.11 Å². The van der Waals surface area contributed by atoms with Crippen LogP contribution in [0.2, 0.25) is 0 Å². The number of rotatable bonds is 9. The van der Waals surface area contributed by atoms with Crippen LogP contribution in [0.5, 0.6) is 0 Å². The van der Waals surface area contributed by atoms with Crippen LogP contribution in [0.15, 0.2) is 0 Å². The Bertz CT molecular complexity index is 301. The minimum absolute atomic E-state index is 0. The van der Waals surface area contributed by atoms with Gasteiger partial charge >= 0.3 is 11.9 Å². The molecule has 0 aromatic carbocycles. The fourth-order valence-corrected chi connectivity index (χ4v) is 1.52. The summed E-state index contributed by atoms with van der Waals surface area (Å²) in [4.78, 5) is 23.7. The average Bonchev–Trinajstić information content (AvgIpc) is 2.25. The molecule has 0 N–H and O–H groups in total. The third kappa shape index (κ3) is 8.68. The van der Waals surface area contributed by atoms with Crippen LogP contribution < -0.4 is 0 Å². The summed E-state index contributed by atoms with van der Waals surface area (Å²) in [7, 11) is 1.22.